The number of fused-ring (bicyclic) bond motifs is 1. The number of nitro groups is 1. The second-order valence-electron chi connectivity index (χ2n) is 4.59. The van der Waals surface area contributed by atoms with Crippen LogP contribution in [0.15, 0.2) is 42.6 Å². The monoisotopic (exact) mass is 313 g/mol. The summed E-state index contributed by atoms with van der Waals surface area (Å²) in [4.78, 5) is 25.6. The molecule has 0 saturated heterocycles. The van der Waals surface area contributed by atoms with Gasteiger partial charge in [-0.1, -0.05) is 6.07 Å². The van der Waals surface area contributed by atoms with E-state index in [0.29, 0.717) is 11.5 Å². The SMILES string of the molecule is O=C(/C=C\c1ccc2c(c1)OCO2)Nc1ccc([N+](=O)[O-])cn1. The second-order valence-corrected chi connectivity index (χ2v) is 4.59. The molecule has 2 heterocycles. The average molecular weight is 313 g/mol. The van der Waals surface area contributed by atoms with Gasteiger partial charge in [0.25, 0.3) is 5.69 Å². The second kappa shape index (κ2) is 6.14. The number of nitrogens with zero attached hydrogens (tertiary/aromatic N) is 2. The summed E-state index contributed by atoms with van der Waals surface area (Å²) in [7, 11) is 0. The molecule has 3 rings (SSSR count). The van der Waals surface area contributed by atoms with Gasteiger partial charge in [-0.15, -0.1) is 0 Å². The number of hydrogen-bond donors (Lipinski definition) is 1. The highest BCUT2D eigenvalue weighted by Gasteiger charge is 2.12. The molecule has 1 aliphatic rings. The molecule has 0 unspecified atom stereocenters. The summed E-state index contributed by atoms with van der Waals surface area (Å²) in [6.07, 6.45) is 4.03. The highest BCUT2D eigenvalue weighted by atomic mass is 16.7. The molecule has 1 N–H and O–H groups in total. The van der Waals surface area contributed by atoms with E-state index in [1.54, 1.807) is 24.3 Å². The maximum atomic E-state index is 11.8. The lowest BCUT2D eigenvalue weighted by atomic mass is 10.2. The van der Waals surface area contributed by atoms with Gasteiger partial charge in [0, 0.05) is 12.1 Å². The van der Waals surface area contributed by atoms with Gasteiger partial charge >= 0.3 is 0 Å². The number of anilines is 1. The molecule has 23 heavy (non-hydrogen) atoms. The molecule has 1 aromatic heterocycles. The normalized spacial score (nSPS) is 12.3. The van der Waals surface area contributed by atoms with Gasteiger partial charge in [0.15, 0.2) is 11.5 Å². The molecule has 0 radical (unpaired) electrons. The van der Waals surface area contributed by atoms with Crippen LogP contribution < -0.4 is 14.8 Å². The maximum absolute atomic E-state index is 11.8. The molecule has 8 heteroatoms. The molecular weight excluding hydrogens is 302 g/mol. The summed E-state index contributed by atoms with van der Waals surface area (Å²) in [5, 5.41) is 13.0. The Hall–Kier alpha value is -3.42. The standard InChI is InChI=1S/C15H11N3O5/c19-15(17-14-5-3-11(8-16-14)18(20)21)6-2-10-1-4-12-13(7-10)23-9-22-12/h1-8H,9H2,(H,16,17,19)/b6-2-. The molecule has 116 valence electrons. The molecule has 1 aliphatic heterocycles. The number of carbonyl (C=O) groups is 1. The van der Waals surface area contributed by atoms with Crippen molar-refractivity contribution in [3.8, 4) is 11.5 Å². The number of carbonyl (C=O) groups excluding carboxylic acids is 1. The van der Waals surface area contributed by atoms with Gasteiger partial charge in [0.2, 0.25) is 12.7 Å². The highest BCUT2D eigenvalue weighted by Crippen LogP contribution is 2.32. The Kier molecular flexibility index (Phi) is 3.88. The fourth-order valence-corrected chi connectivity index (χ4v) is 1.92. The van der Waals surface area contributed by atoms with Crippen LogP contribution in [0.4, 0.5) is 11.5 Å². The fraction of sp³-hybridized carbons (Fsp3) is 0.0667. The zero-order valence-electron chi connectivity index (χ0n) is 11.8. The van der Waals surface area contributed by atoms with Crippen molar-refractivity contribution in [1.82, 2.24) is 4.98 Å². The van der Waals surface area contributed by atoms with Crippen molar-refractivity contribution in [2.24, 2.45) is 0 Å². The van der Waals surface area contributed by atoms with Gasteiger partial charge in [-0.25, -0.2) is 4.98 Å². The van der Waals surface area contributed by atoms with Crippen LogP contribution in [0.1, 0.15) is 5.56 Å². The first-order valence-electron chi connectivity index (χ1n) is 6.61. The van der Waals surface area contributed by atoms with Crippen molar-refractivity contribution < 1.29 is 19.2 Å². The Balaban J connectivity index is 1.63. The summed E-state index contributed by atoms with van der Waals surface area (Å²) in [5.41, 5.74) is 0.639. The molecule has 0 fully saturated rings. The minimum absolute atomic E-state index is 0.140. The van der Waals surface area contributed by atoms with Crippen LogP contribution in [0.25, 0.3) is 6.08 Å². The summed E-state index contributed by atoms with van der Waals surface area (Å²) < 4.78 is 10.5. The summed E-state index contributed by atoms with van der Waals surface area (Å²) in [6.45, 7) is 0.189. The highest BCUT2D eigenvalue weighted by molar-refractivity contribution is 6.01. The van der Waals surface area contributed by atoms with Gasteiger partial charge in [-0.2, -0.15) is 0 Å². The van der Waals surface area contributed by atoms with E-state index < -0.39 is 10.8 Å². The van der Waals surface area contributed by atoms with Crippen molar-refractivity contribution in [3.05, 3.63) is 58.3 Å². The van der Waals surface area contributed by atoms with Crippen molar-refractivity contribution in [2.45, 2.75) is 0 Å². The molecule has 0 atom stereocenters. The van der Waals surface area contributed by atoms with Crippen molar-refractivity contribution in [3.63, 3.8) is 0 Å². The van der Waals surface area contributed by atoms with Gasteiger partial charge in [0.05, 0.1) is 4.92 Å². The van der Waals surface area contributed by atoms with Gasteiger partial charge in [-0.3, -0.25) is 14.9 Å². The smallest absolute Gasteiger partial charge is 0.287 e. The number of nitrogens with one attached hydrogen (secondary N) is 1. The molecule has 1 aromatic carbocycles. The third-order valence-electron chi connectivity index (χ3n) is 3.03. The van der Waals surface area contributed by atoms with E-state index in [1.165, 1.54) is 18.2 Å². The number of aromatic nitrogens is 1. The summed E-state index contributed by atoms with van der Waals surface area (Å²) >= 11 is 0. The largest absolute Gasteiger partial charge is 0.454 e. The van der Waals surface area contributed by atoms with E-state index in [-0.39, 0.29) is 18.3 Å². The van der Waals surface area contributed by atoms with Gasteiger partial charge in [-0.05, 0) is 29.8 Å². The van der Waals surface area contributed by atoms with Crippen LogP contribution in [0.5, 0.6) is 11.5 Å². The van der Waals surface area contributed by atoms with E-state index in [9.17, 15) is 14.9 Å². The zero-order valence-corrected chi connectivity index (χ0v) is 11.8. The Labute approximate surface area is 130 Å². The molecule has 0 saturated carbocycles. The van der Waals surface area contributed by atoms with Crippen LogP contribution in [0.2, 0.25) is 0 Å². The molecule has 1 amide bonds. The van der Waals surface area contributed by atoms with Gasteiger partial charge < -0.3 is 14.8 Å². The Morgan fingerprint density at radius 2 is 2.09 bits per heavy atom. The average Bonchev–Trinajstić information content (AvgIpc) is 3.01. The Morgan fingerprint density at radius 3 is 2.83 bits per heavy atom. The zero-order chi connectivity index (χ0) is 16.2. The fourth-order valence-electron chi connectivity index (χ4n) is 1.92. The van der Waals surface area contributed by atoms with Crippen LogP contribution in [-0.2, 0) is 4.79 Å². The Morgan fingerprint density at radius 1 is 1.26 bits per heavy atom. The minimum atomic E-state index is -0.557. The number of hydrogen-bond acceptors (Lipinski definition) is 6. The van der Waals surface area contributed by atoms with E-state index in [1.807, 2.05) is 0 Å². The molecular formula is C15H11N3O5. The molecule has 0 spiro atoms. The maximum Gasteiger partial charge on any atom is 0.287 e. The lowest BCUT2D eigenvalue weighted by Crippen LogP contribution is -2.09. The first-order valence-corrected chi connectivity index (χ1v) is 6.61. The van der Waals surface area contributed by atoms with Gasteiger partial charge in [0.1, 0.15) is 12.0 Å². The third-order valence-corrected chi connectivity index (χ3v) is 3.03. The predicted molar refractivity (Wildman–Crippen MR) is 81.1 cm³/mol. The lowest BCUT2D eigenvalue weighted by molar-refractivity contribution is -0.385. The van der Waals surface area contributed by atoms with Crippen molar-refractivity contribution in [1.29, 1.82) is 0 Å². The predicted octanol–water partition coefficient (Wildman–Crippen LogP) is 2.37. The number of benzene rings is 1. The lowest BCUT2D eigenvalue weighted by Gasteiger charge is -2.00. The van der Waals surface area contributed by atoms with E-state index in [2.05, 4.69) is 10.3 Å². The number of ether oxygens (including phenoxy) is 2. The topological polar surface area (TPSA) is 104 Å². The van der Waals surface area contributed by atoms with Crippen LogP contribution in [0, 0.1) is 10.1 Å². The van der Waals surface area contributed by atoms with E-state index >= 15 is 0 Å². The first kappa shape index (κ1) is 14.5. The quantitative estimate of drug-likeness (QED) is 0.528. The first-order chi connectivity index (χ1) is 11.1. The molecule has 0 bridgehead atoms. The molecule has 0 aliphatic carbocycles. The van der Waals surface area contributed by atoms with E-state index in [0.717, 1.165) is 11.8 Å². The summed E-state index contributed by atoms with van der Waals surface area (Å²) in [5.74, 6) is 1.13. The molecule has 2 aromatic rings. The molecule has 8 nitrogen and oxygen atoms in total. The van der Waals surface area contributed by atoms with Crippen LogP contribution in [-0.4, -0.2) is 22.6 Å². The van der Waals surface area contributed by atoms with E-state index in [4.69, 9.17) is 9.47 Å². The number of rotatable bonds is 4. The third kappa shape index (κ3) is 3.43. The van der Waals surface area contributed by atoms with Crippen LogP contribution >= 0.6 is 0 Å². The van der Waals surface area contributed by atoms with Crippen molar-refractivity contribution in [2.75, 3.05) is 12.1 Å². The Bertz CT molecular complexity index is 786. The number of amides is 1. The minimum Gasteiger partial charge on any atom is -0.454 e. The number of pyridine rings is 1. The summed E-state index contributed by atoms with van der Waals surface area (Å²) in [6, 6.07) is 7.95. The van der Waals surface area contributed by atoms with Crippen LogP contribution in [0.3, 0.4) is 0 Å². The van der Waals surface area contributed by atoms with Crippen molar-refractivity contribution >= 4 is 23.5 Å².